The molecule has 100 heavy (non-hydrogen) atoms. The van der Waals surface area contributed by atoms with Gasteiger partial charge in [-0.25, -0.2) is 9.13 Å². The summed E-state index contributed by atoms with van der Waals surface area (Å²) in [6, 6.07) is 0. The molecule has 0 aromatic carbocycles. The van der Waals surface area contributed by atoms with Crippen LogP contribution in [0.5, 0.6) is 0 Å². The van der Waals surface area contributed by atoms with Crippen molar-refractivity contribution in [3.8, 4) is 0 Å². The molecule has 19 heteroatoms. The number of unbranched alkanes of at least 4 members (excludes halogenated alkanes) is 50. The predicted octanol–water partition coefficient (Wildman–Crippen LogP) is 24.3. The fourth-order valence-corrected chi connectivity index (χ4v) is 14.1. The molecule has 0 spiro atoms. The second kappa shape index (κ2) is 72.6. The summed E-state index contributed by atoms with van der Waals surface area (Å²) < 4.78 is 68.8. The van der Waals surface area contributed by atoms with E-state index < -0.39 is 97.5 Å². The standard InChI is InChI=1S/C81H158O17P2/c1-7-9-11-13-15-17-19-21-23-25-27-29-34-40-47-53-59-65-80(85)97-76(69-91-78(83)63-57-51-45-39-33-28-26-24-22-20-18-16-14-12-10-8-2)71-95-99(87,88)93-67-75(82)68-94-100(89,90)96-72-77(70-92-79(84)64-58-52-46-42-36-38-44-50-56-62-74(5)6)98-81(86)66-60-54-48-41-35-31-30-32-37-43-49-55-61-73(3)4/h73-77,82H,7-72H2,1-6H3,(H,87,88)(H,89,90)/t75-,76-,77-/m1/s1. The smallest absolute Gasteiger partial charge is 0.462 e. The third kappa shape index (κ3) is 74.3. The summed E-state index contributed by atoms with van der Waals surface area (Å²) >= 11 is 0. The highest BCUT2D eigenvalue weighted by Crippen LogP contribution is 2.45. The van der Waals surface area contributed by atoms with E-state index in [4.69, 9.17) is 37.0 Å². The number of carbonyl (C=O) groups is 4. The Morgan fingerprint density at radius 3 is 0.680 bits per heavy atom. The first-order valence-electron chi connectivity index (χ1n) is 42.0. The Morgan fingerprint density at radius 1 is 0.270 bits per heavy atom. The second-order valence-corrected chi connectivity index (χ2v) is 33.0. The third-order valence-electron chi connectivity index (χ3n) is 19.0. The van der Waals surface area contributed by atoms with Crippen LogP contribution in [0, 0.1) is 11.8 Å². The number of esters is 4. The summed E-state index contributed by atoms with van der Waals surface area (Å²) in [5.41, 5.74) is 0. The molecule has 0 aliphatic rings. The number of ether oxygens (including phenoxy) is 4. The zero-order chi connectivity index (χ0) is 73.5. The van der Waals surface area contributed by atoms with Crippen LogP contribution in [0.15, 0.2) is 0 Å². The average Bonchev–Trinajstić information content (AvgIpc) is 2.01. The van der Waals surface area contributed by atoms with Crippen LogP contribution in [-0.4, -0.2) is 96.7 Å². The van der Waals surface area contributed by atoms with Crippen LogP contribution < -0.4 is 0 Å². The number of carbonyl (C=O) groups excluding carboxylic acids is 4. The first kappa shape index (κ1) is 98.1. The molecule has 0 rings (SSSR count). The van der Waals surface area contributed by atoms with Gasteiger partial charge in [0, 0.05) is 25.7 Å². The van der Waals surface area contributed by atoms with Gasteiger partial charge in [-0.15, -0.1) is 0 Å². The van der Waals surface area contributed by atoms with Crippen molar-refractivity contribution in [2.24, 2.45) is 11.8 Å². The van der Waals surface area contributed by atoms with Gasteiger partial charge >= 0.3 is 39.5 Å². The number of phosphoric acid groups is 2. The number of rotatable bonds is 80. The molecule has 0 radical (unpaired) electrons. The molecule has 0 saturated heterocycles. The van der Waals surface area contributed by atoms with Crippen molar-refractivity contribution in [2.45, 2.75) is 445 Å². The van der Waals surface area contributed by atoms with Gasteiger partial charge in [0.25, 0.3) is 0 Å². The lowest BCUT2D eigenvalue weighted by Gasteiger charge is -2.21. The lowest BCUT2D eigenvalue weighted by atomic mass is 10.0. The van der Waals surface area contributed by atoms with Crippen LogP contribution in [-0.2, 0) is 65.4 Å². The van der Waals surface area contributed by atoms with E-state index in [-0.39, 0.29) is 25.7 Å². The van der Waals surface area contributed by atoms with E-state index in [2.05, 4.69) is 41.5 Å². The Morgan fingerprint density at radius 2 is 0.460 bits per heavy atom. The van der Waals surface area contributed by atoms with Gasteiger partial charge in [0.05, 0.1) is 26.4 Å². The molecule has 5 atom stereocenters. The summed E-state index contributed by atoms with van der Waals surface area (Å²) in [6.45, 7) is 9.63. The van der Waals surface area contributed by atoms with Gasteiger partial charge in [-0.05, 0) is 37.5 Å². The first-order chi connectivity index (χ1) is 48.4. The van der Waals surface area contributed by atoms with Crippen LogP contribution in [0.1, 0.15) is 427 Å². The molecule has 2 unspecified atom stereocenters. The quantitative estimate of drug-likeness (QED) is 0.0222. The van der Waals surface area contributed by atoms with Crippen LogP contribution >= 0.6 is 15.6 Å². The van der Waals surface area contributed by atoms with E-state index in [1.807, 2.05) is 0 Å². The van der Waals surface area contributed by atoms with Crippen LogP contribution in [0.3, 0.4) is 0 Å². The molecule has 0 saturated carbocycles. The SMILES string of the molecule is CCCCCCCCCCCCCCCCCCCC(=O)O[C@H](COC(=O)CCCCCCCCCCCCCCCCCC)COP(=O)(O)OC[C@@H](O)COP(=O)(O)OC[C@@H](COC(=O)CCCCCCCCCCCC(C)C)OC(=O)CCCCCCCCCCCCCCC(C)C. The number of hydrogen-bond acceptors (Lipinski definition) is 15. The molecule has 594 valence electrons. The molecule has 0 aromatic rings. The van der Waals surface area contributed by atoms with Crippen molar-refractivity contribution in [3.05, 3.63) is 0 Å². The minimum atomic E-state index is -4.96. The summed E-state index contributed by atoms with van der Waals surface area (Å²) in [6.07, 6.45) is 62.3. The molecule has 0 aliphatic carbocycles. The number of phosphoric ester groups is 2. The number of hydrogen-bond donors (Lipinski definition) is 3. The predicted molar refractivity (Wildman–Crippen MR) is 409 cm³/mol. The fraction of sp³-hybridized carbons (Fsp3) is 0.951. The molecule has 0 heterocycles. The summed E-state index contributed by atoms with van der Waals surface area (Å²) in [5.74, 6) is -0.586. The largest absolute Gasteiger partial charge is 0.472 e. The molecule has 17 nitrogen and oxygen atoms in total. The van der Waals surface area contributed by atoms with Crippen molar-refractivity contribution in [1.29, 1.82) is 0 Å². The van der Waals surface area contributed by atoms with Crippen LogP contribution in [0.2, 0.25) is 0 Å². The molecule has 0 amide bonds. The Balaban J connectivity index is 5.27. The Labute approximate surface area is 613 Å². The van der Waals surface area contributed by atoms with E-state index in [0.29, 0.717) is 25.7 Å². The molecular formula is C81H158O17P2. The van der Waals surface area contributed by atoms with Crippen LogP contribution in [0.25, 0.3) is 0 Å². The van der Waals surface area contributed by atoms with Crippen molar-refractivity contribution >= 4 is 39.5 Å². The zero-order valence-corrected chi connectivity index (χ0v) is 67.3. The minimum Gasteiger partial charge on any atom is -0.462 e. The first-order valence-corrected chi connectivity index (χ1v) is 45.0. The molecular weight excluding hydrogens is 1310 g/mol. The number of aliphatic hydroxyl groups excluding tert-OH is 1. The Bertz CT molecular complexity index is 1920. The van der Waals surface area contributed by atoms with Crippen molar-refractivity contribution in [1.82, 2.24) is 0 Å². The second-order valence-electron chi connectivity index (χ2n) is 30.1. The summed E-state index contributed by atoms with van der Waals surface area (Å²) in [4.78, 5) is 73.1. The van der Waals surface area contributed by atoms with Gasteiger partial charge < -0.3 is 33.8 Å². The zero-order valence-electron chi connectivity index (χ0n) is 65.5. The molecule has 0 aromatic heterocycles. The highest BCUT2D eigenvalue weighted by Gasteiger charge is 2.30. The highest BCUT2D eigenvalue weighted by atomic mass is 31.2. The molecule has 0 aliphatic heterocycles. The van der Waals surface area contributed by atoms with Gasteiger partial charge in [-0.3, -0.25) is 37.3 Å². The molecule has 0 bridgehead atoms. The maximum Gasteiger partial charge on any atom is 0.472 e. The lowest BCUT2D eigenvalue weighted by molar-refractivity contribution is -0.161. The fourth-order valence-electron chi connectivity index (χ4n) is 12.5. The van der Waals surface area contributed by atoms with Gasteiger partial charge in [-0.2, -0.15) is 0 Å². The number of aliphatic hydroxyl groups is 1. The lowest BCUT2D eigenvalue weighted by Crippen LogP contribution is -2.30. The minimum absolute atomic E-state index is 0.107. The van der Waals surface area contributed by atoms with Gasteiger partial charge in [0.15, 0.2) is 12.2 Å². The van der Waals surface area contributed by atoms with Crippen molar-refractivity contribution in [2.75, 3.05) is 39.6 Å². The molecule has 3 N–H and O–H groups in total. The van der Waals surface area contributed by atoms with Crippen LogP contribution in [0.4, 0.5) is 0 Å². The Kier molecular flexibility index (Phi) is 71.2. The van der Waals surface area contributed by atoms with E-state index in [9.17, 15) is 43.2 Å². The van der Waals surface area contributed by atoms with E-state index in [1.165, 1.54) is 244 Å². The van der Waals surface area contributed by atoms with Gasteiger partial charge in [-0.1, -0.05) is 375 Å². The topological polar surface area (TPSA) is 237 Å². The monoisotopic (exact) mass is 1470 g/mol. The maximum absolute atomic E-state index is 13.1. The Hall–Kier alpha value is -1.94. The van der Waals surface area contributed by atoms with E-state index >= 15 is 0 Å². The van der Waals surface area contributed by atoms with Gasteiger partial charge in [0.2, 0.25) is 0 Å². The highest BCUT2D eigenvalue weighted by molar-refractivity contribution is 7.47. The third-order valence-corrected chi connectivity index (χ3v) is 20.9. The molecule has 0 fully saturated rings. The van der Waals surface area contributed by atoms with Crippen molar-refractivity contribution in [3.63, 3.8) is 0 Å². The maximum atomic E-state index is 13.1. The average molecular weight is 1470 g/mol. The van der Waals surface area contributed by atoms with Gasteiger partial charge in [0.1, 0.15) is 19.3 Å². The van der Waals surface area contributed by atoms with Crippen molar-refractivity contribution < 1.29 is 80.2 Å². The van der Waals surface area contributed by atoms with E-state index in [0.717, 1.165) is 102 Å². The summed E-state index contributed by atoms with van der Waals surface area (Å²) in [7, 11) is -9.92. The van der Waals surface area contributed by atoms with E-state index in [1.54, 1.807) is 0 Å². The normalized spacial score (nSPS) is 13.9. The summed E-state index contributed by atoms with van der Waals surface area (Å²) in [5, 5.41) is 10.6.